The van der Waals surface area contributed by atoms with Gasteiger partial charge in [0.2, 0.25) is 5.89 Å². The molecule has 2 heterocycles. The Morgan fingerprint density at radius 1 is 1.28 bits per heavy atom. The lowest BCUT2D eigenvalue weighted by Gasteiger charge is -2.34. The maximum atomic E-state index is 6.20. The molecule has 0 amide bonds. The summed E-state index contributed by atoms with van der Waals surface area (Å²) in [7, 11) is 0. The van der Waals surface area contributed by atoms with Crippen LogP contribution >= 0.6 is 23.5 Å². The molecule has 0 bridgehead atoms. The summed E-state index contributed by atoms with van der Waals surface area (Å²) in [5.41, 5.74) is 5.47. The van der Waals surface area contributed by atoms with Gasteiger partial charge in [0.25, 0.3) is 0 Å². The third-order valence-corrected chi connectivity index (χ3v) is 6.44. The van der Waals surface area contributed by atoms with Gasteiger partial charge in [-0.1, -0.05) is 5.16 Å². The summed E-state index contributed by atoms with van der Waals surface area (Å²) in [6, 6.07) is 0. The second-order valence-corrected chi connectivity index (χ2v) is 8.20. The fraction of sp³-hybridized carbons (Fsp3) is 0.833. The zero-order chi connectivity index (χ0) is 13.4. The summed E-state index contributed by atoms with van der Waals surface area (Å²) >= 11 is 3.86. The lowest BCUT2D eigenvalue weighted by Crippen LogP contribution is -2.50. The molecule has 1 saturated heterocycles. The SMILES string of the molecule is CC(C)(N)C(C)(C)c1nc(C2CSCCS2)no1. The highest BCUT2D eigenvalue weighted by atomic mass is 32.2. The fourth-order valence-corrected chi connectivity index (χ4v) is 4.12. The van der Waals surface area contributed by atoms with Crippen molar-refractivity contribution < 1.29 is 4.52 Å². The third-order valence-electron chi connectivity index (χ3n) is 3.69. The van der Waals surface area contributed by atoms with E-state index in [1.54, 1.807) is 0 Å². The molecule has 1 unspecified atom stereocenters. The van der Waals surface area contributed by atoms with Gasteiger partial charge in [0.15, 0.2) is 5.82 Å². The first-order valence-electron chi connectivity index (χ1n) is 6.14. The summed E-state index contributed by atoms with van der Waals surface area (Å²) in [6.45, 7) is 8.07. The van der Waals surface area contributed by atoms with Crippen molar-refractivity contribution >= 4 is 23.5 Å². The first-order valence-corrected chi connectivity index (χ1v) is 8.35. The molecular weight excluding hydrogens is 266 g/mol. The van der Waals surface area contributed by atoms with Crippen molar-refractivity contribution in [2.45, 2.75) is 43.9 Å². The second-order valence-electron chi connectivity index (χ2n) is 5.74. The van der Waals surface area contributed by atoms with Crippen LogP contribution in [0.15, 0.2) is 4.52 Å². The normalized spacial score (nSPS) is 22.2. The Morgan fingerprint density at radius 2 is 2.00 bits per heavy atom. The van der Waals surface area contributed by atoms with E-state index >= 15 is 0 Å². The van der Waals surface area contributed by atoms with E-state index in [-0.39, 0.29) is 5.41 Å². The quantitative estimate of drug-likeness (QED) is 0.922. The van der Waals surface area contributed by atoms with E-state index in [2.05, 4.69) is 10.1 Å². The average Bonchev–Trinajstić information content (AvgIpc) is 2.78. The first kappa shape index (κ1) is 14.2. The molecule has 18 heavy (non-hydrogen) atoms. The standard InChI is InChI=1S/C12H21N3OS2/c1-11(2,12(3,4)13)10-14-9(15-16-10)8-7-17-5-6-18-8/h8H,5-7,13H2,1-4H3. The van der Waals surface area contributed by atoms with Gasteiger partial charge in [-0.2, -0.15) is 16.7 Å². The van der Waals surface area contributed by atoms with Crippen LogP contribution in [0.25, 0.3) is 0 Å². The van der Waals surface area contributed by atoms with Gasteiger partial charge in [-0.05, 0) is 27.7 Å². The molecule has 4 nitrogen and oxygen atoms in total. The third kappa shape index (κ3) is 2.70. The molecule has 1 aliphatic heterocycles. The van der Waals surface area contributed by atoms with Crippen LogP contribution < -0.4 is 5.73 Å². The molecular formula is C12H21N3OS2. The van der Waals surface area contributed by atoms with Gasteiger partial charge < -0.3 is 10.3 Å². The molecule has 0 aromatic carbocycles. The molecule has 0 spiro atoms. The number of hydrogen-bond donors (Lipinski definition) is 1. The van der Waals surface area contributed by atoms with Crippen LogP contribution in [-0.4, -0.2) is 32.9 Å². The van der Waals surface area contributed by atoms with Crippen molar-refractivity contribution in [2.75, 3.05) is 17.3 Å². The van der Waals surface area contributed by atoms with Crippen molar-refractivity contribution in [3.8, 4) is 0 Å². The monoisotopic (exact) mass is 287 g/mol. The summed E-state index contributed by atoms with van der Waals surface area (Å²) in [5.74, 6) is 4.90. The van der Waals surface area contributed by atoms with E-state index in [9.17, 15) is 0 Å². The molecule has 2 N–H and O–H groups in total. The minimum absolute atomic E-state index is 0.329. The molecule has 0 radical (unpaired) electrons. The van der Waals surface area contributed by atoms with Crippen LogP contribution in [0.2, 0.25) is 0 Å². The highest BCUT2D eigenvalue weighted by molar-refractivity contribution is 8.06. The van der Waals surface area contributed by atoms with Crippen molar-refractivity contribution in [3.05, 3.63) is 11.7 Å². The van der Waals surface area contributed by atoms with Crippen LogP contribution in [0, 0.1) is 0 Å². The predicted molar refractivity (Wildman–Crippen MR) is 78.1 cm³/mol. The van der Waals surface area contributed by atoms with E-state index in [4.69, 9.17) is 10.3 Å². The van der Waals surface area contributed by atoms with Gasteiger partial charge in [0, 0.05) is 22.8 Å². The van der Waals surface area contributed by atoms with Crippen molar-refractivity contribution in [2.24, 2.45) is 5.73 Å². The number of rotatable bonds is 3. The Morgan fingerprint density at radius 3 is 2.56 bits per heavy atom. The van der Waals surface area contributed by atoms with Gasteiger partial charge in [-0.25, -0.2) is 0 Å². The smallest absolute Gasteiger partial charge is 0.234 e. The van der Waals surface area contributed by atoms with Crippen LogP contribution in [-0.2, 0) is 5.41 Å². The number of hydrogen-bond acceptors (Lipinski definition) is 6. The lowest BCUT2D eigenvalue weighted by atomic mass is 9.75. The summed E-state index contributed by atoms with van der Waals surface area (Å²) < 4.78 is 5.45. The Kier molecular flexibility index (Phi) is 3.99. The van der Waals surface area contributed by atoms with E-state index in [1.807, 2.05) is 51.2 Å². The molecule has 1 fully saturated rings. The van der Waals surface area contributed by atoms with E-state index < -0.39 is 5.54 Å². The highest BCUT2D eigenvalue weighted by Crippen LogP contribution is 2.37. The highest BCUT2D eigenvalue weighted by Gasteiger charge is 2.40. The van der Waals surface area contributed by atoms with Crippen LogP contribution in [0.4, 0.5) is 0 Å². The lowest BCUT2D eigenvalue weighted by molar-refractivity contribution is 0.222. The second kappa shape index (κ2) is 5.06. The van der Waals surface area contributed by atoms with Gasteiger partial charge in [0.1, 0.15) is 0 Å². The minimum Gasteiger partial charge on any atom is -0.339 e. The van der Waals surface area contributed by atoms with Gasteiger partial charge >= 0.3 is 0 Å². The number of aromatic nitrogens is 2. The van der Waals surface area contributed by atoms with E-state index in [0.29, 0.717) is 11.1 Å². The molecule has 6 heteroatoms. The summed E-state index contributed by atoms with van der Waals surface area (Å²) in [5, 5.41) is 4.50. The summed E-state index contributed by atoms with van der Waals surface area (Å²) in [4.78, 5) is 4.58. The molecule has 2 rings (SSSR count). The van der Waals surface area contributed by atoms with Crippen LogP contribution in [0.5, 0.6) is 0 Å². The topological polar surface area (TPSA) is 64.9 Å². The fourth-order valence-electron chi connectivity index (χ4n) is 1.53. The zero-order valence-electron chi connectivity index (χ0n) is 11.4. The molecule has 1 aromatic rings. The minimum atomic E-state index is -0.398. The molecule has 1 aromatic heterocycles. The number of nitrogens with two attached hydrogens (primary N) is 1. The van der Waals surface area contributed by atoms with Gasteiger partial charge in [0.05, 0.1) is 10.7 Å². The molecule has 1 aliphatic rings. The van der Waals surface area contributed by atoms with Crippen molar-refractivity contribution in [3.63, 3.8) is 0 Å². The van der Waals surface area contributed by atoms with Gasteiger partial charge in [-0.15, -0.1) is 11.8 Å². The Balaban J connectivity index is 2.19. The Labute approximate surface area is 117 Å². The maximum absolute atomic E-state index is 6.20. The van der Waals surface area contributed by atoms with Crippen LogP contribution in [0.3, 0.4) is 0 Å². The summed E-state index contributed by atoms with van der Waals surface area (Å²) in [6.07, 6.45) is 0. The number of nitrogens with zero attached hydrogens (tertiary/aromatic N) is 2. The van der Waals surface area contributed by atoms with E-state index in [0.717, 1.165) is 17.3 Å². The van der Waals surface area contributed by atoms with E-state index in [1.165, 1.54) is 5.75 Å². The van der Waals surface area contributed by atoms with Crippen LogP contribution in [0.1, 0.15) is 44.7 Å². The van der Waals surface area contributed by atoms with Gasteiger partial charge in [-0.3, -0.25) is 0 Å². The molecule has 0 aliphatic carbocycles. The van der Waals surface area contributed by atoms with Crippen molar-refractivity contribution in [1.29, 1.82) is 0 Å². The average molecular weight is 287 g/mol. The largest absolute Gasteiger partial charge is 0.339 e. The zero-order valence-corrected chi connectivity index (χ0v) is 13.0. The first-order chi connectivity index (χ1) is 8.32. The Hall–Kier alpha value is -0.200. The molecule has 1 atom stereocenters. The van der Waals surface area contributed by atoms with Crippen molar-refractivity contribution in [1.82, 2.24) is 10.1 Å². The predicted octanol–water partition coefficient (Wildman–Crippen LogP) is 2.61. The molecule has 102 valence electrons. The maximum Gasteiger partial charge on any atom is 0.234 e. The Bertz CT molecular complexity index is 406. The number of thioether (sulfide) groups is 2. The molecule has 0 saturated carbocycles.